The van der Waals surface area contributed by atoms with Crippen LogP contribution in [0.1, 0.15) is 40.5 Å². The van der Waals surface area contributed by atoms with Gasteiger partial charge in [-0.05, 0) is 56.2 Å². The molecular weight excluding hydrogens is 424 g/mol. The number of ether oxygens (including phenoxy) is 3. The van der Waals surface area contributed by atoms with Crippen LogP contribution in [0.5, 0.6) is 5.75 Å². The third-order valence-electron chi connectivity index (χ3n) is 5.33. The van der Waals surface area contributed by atoms with E-state index in [1.165, 1.54) is 0 Å². The molecule has 0 saturated carbocycles. The zero-order valence-electron chi connectivity index (χ0n) is 18.6. The number of para-hydroxylation sites is 1. The van der Waals surface area contributed by atoms with Gasteiger partial charge in [0.1, 0.15) is 5.56 Å². The maximum Gasteiger partial charge on any atom is 0.338 e. The van der Waals surface area contributed by atoms with Gasteiger partial charge in [0, 0.05) is 18.5 Å². The Hall–Kier alpha value is -3.65. The van der Waals surface area contributed by atoms with Crippen molar-refractivity contribution >= 4 is 28.5 Å². The van der Waals surface area contributed by atoms with Crippen molar-refractivity contribution in [3.63, 3.8) is 0 Å². The molecule has 1 saturated heterocycles. The molecule has 2 aromatic carbocycles. The standard InChI is InChI=1S/C25H26N2O6/c1-3-31-25(29)16-9-11-18(12-10-16)27-24-20(23(28)26-15-19-7-5-13-32-19)14-17-6-4-8-21(30-2)22(17)33-24/h4,6,8-12,14,19H,3,5,7,13,15H2,1-2H3,(H,26,28)/t19-/m0/s1. The smallest absolute Gasteiger partial charge is 0.338 e. The monoisotopic (exact) mass is 450 g/mol. The first-order valence-corrected chi connectivity index (χ1v) is 10.9. The molecule has 0 aliphatic carbocycles. The molecule has 0 radical (unpaired) electrons. The van der Waals surface area contributed by atoms with E-state index in [1.54, 1.807) is 50.4 Å². The van der Waals surface area contributed by atoms with Crippen LogP contribution in [0.3, 0.4) is 0 Å². The van der Waals surface area contributed by atoms with Gasteiger partial charge in [0.2, 0.25) is 5.55 Å². The van der Waals surface area contributed by atoms with E-state index < -0.39 is 5.97 Å². The number of rotatable bonds is 7. The van der Waals surface area contributed by atoms with Crippen LogP contribution in [-0.4, -0.2) is 44.8 Å². The van der Waals surface area contributed by atoms with Crippen LogP contribution in [0.25, 0.3) is 11.0 Å². The van der Waals surface area contributed by atoms with Crippen molar-refractivity contribution in [2.45, 2.75) is 25.9 Å². The summed E-state index contributed by atoms with van der Waals surface area (Å²) in [5.74, 6) is -0.174. The van der Waals surface area contributed by atoms with Gasteiger partial charge in [-0.2, -0.15) is 0 Å². The summed E-state index contributed by atoms with van der Waals surface area (Å²) in [6.45, 7) is 3.19. The SMILES string of the molecule is CCOC(=O)c1ccc(N=c2oc3c(OC)cccc3cc2C(=O)NC[C@@H]2CCCO2)cc1. The van der Waals surface area contributed by atoms with Gasteiger partial charge in [-0.15, -0.1) is 0 Å². The molecule has 33 heavy (non-hydrogen) atoms. The molecule has 4 rings (SSSR count). The molecule has 1 aromatic heterocycles. The second-order valence-corrected chi connectivity index (χ2v) is 7.57. The molecule has 3 aromatic rings. The number of methoxy groups -OCH3 is 1. The van der Waals surface area contributed by atoms with E-state index >= 15 is 0 Å². The van der Waals surface area contributed by atoms with E-state index in [0.717, 1.165) is 12.8 Å². The Kier molecular flexibility index (Phi) is 7.04. The normalized spacial score (nSPS) is 16.1. The van der Waals surface area contributed by atoms with Crippen LogP contribution in [0.4, 0.5) is 5.69 Å². The van der Waals surface area contributed by atoms with E-state index in [0.29, 0.717) is 53.3 Å². The zero-order chi connectivity index (χ0) is 23.2. The highest BCUT2D eigenvalue weighted by molar-refractivity contribution is 5.97. The lowest BCUT2D eigenvalue weighted by Crippen LogP contribution is -2.34. The molecule has 8 heteroatoms. The van der Waals surface area contributed by atoms with Crippen molar-refractivity contribution in [3.8, 4) is 5.75 Å². The van der Waals surface area contributed by atoms with Gasteiger partial charge in [0.25, 0.3) is 5.91 Å². The van der Waals surface area contributed by atoms with Crippen molar-refractivity contribution in [1.29, 1.82) is 0 Å². The fraction of sp³-hybridized carbons (Fsp3) is 0.320. The fourth-order valence-corrected chi connectivity index (χ4v) is 3.64. The van der Waals surface area contributed by atoms with Gasteiger partial charge in [0.15, 0.2) is 11.3 Å². The molecule has 1 aliphatic rings. The number of esters is 1. The minimum absolute atomic E-state index is 0.0160. The molecule has 0 bridgehead atoms. The van der Waals surface area contributed by atoms with Crippen molar-refractivity contribution in [2.75, 3.05) is 26.9 Å². The average molecular weight is 450 g/mol. The number of amides is 1. The summed E-state index contributed by atoms with van der Waals surface area (Å²) >= 11 is 0. The molecular formula is C25H26N2O6. The summed E-state index contributed by atoms with van der Waals surface area (Å²) in [6.07, 6.45) is 1.93. The van der Waals surface area contributed by atoms with Gasteiger partial charge >= 0.3 is 5.97 Å². The molecule has 1 atom stereocenters. The van der Waals surface area contributed by atoms with E-state index in [2.05, 4.69) is 10.3 Å². The third kappa shape index (κ3) is 5.23. The highest BCUT2D eigenvalue weighted by Gasteiger charge is 2.19. The average Bonchev–Trinajstić information content (AvgIpc) is 3.36. The molecule has 8 nitrogen and oxygen atoms in total. The molecule has 1 fully saturated rings. The Morgan fingerprint density at radius 1 is 1.18 bits per heavy atom. The molecule has 0 spiro atoms. The number of fused-ring (bicyclic) bond motifs is 1. The molecule has 1 aliphatic heterocycles. The fourth-order valence-electron chi connectivity index (χ4n) is 3.64. The van der Waals surface area contributed by atoms with Gasteiger partial charge in [-0.3, -0.25) is 4.79 Å². The van der Waals surface area contributed by atoms with Gasteiger partial charge < -0.3 is 23.9 Å². The Bertz CT molecular complexity index is 1210. The van der Waals surface area contributed by atoms with E-state index in [4.69, 9.17) is 18.6 Å². The van der Waals surface area contributed by atoms with Crippen molar-refractivity contribution in [2.24, 2.45) is 4.99 Å². The largest absolute Gasteiger partial charge is 0.493 e. The summed E-state index contributed by atoms with van der Waals surface area (Å²) in [5.41, 5.74) is 1.86. The highest BCUT2D eigenvalue weighted by atomic mass is 16.5. The van der Waals surface area contributed by atoms with Gasteiger partial charge in [-0.1, -0.05) is 12.1 Å². The number of nitrogens with zero attached hydrogens (tertiary/aromatic N) is 1. The predicted octanol–water partition coefficient (Wildman–Crippen LogP) is 3.76. The van der Waals surface area contributed by atoms with Crippen LogP contribution >= 0.6 is 0 Å². The molecule has 1 N–H and O–H groups in total. The summed E-state index contributed by atoms with van der Waals surface area (Å²) in [5, 5.41) is 3.64. The maximum atomic E-state index is 13.0. The van der Waals surface area contributed by atoms with Crippen LogP contribution in [0.2, 0.25) is 0 Å². The molecule has 172 valence electrons. The van der Waals surface area contributed by atoms with Crippen LogP contribution in [0.15, 0.2) is 57.9 Å². The maximum absolute atomic E-state index is 13.0. The second-order valence-electron chi connectivity index (χ2n) is 7.57. The lowest BCUT2D eigenvalue weighted by Gasteiger charge is -2.12. The van der Waals surface area contributed by atoms with E-state index in [-0.39, 0.29) is 17.6 Å². The van der Waals surface area contributed by atoms with Crippen molar-refractivity contribution in [3.05, 3.63) is 65.2 Å². The molecule has 2 heterocycles. The zero-order valence-corrected chi connectivity index (χ0v) is 18.6. The minimum Gasteiger partial charge on any atom is -0.493 e. The number of nitrogens with one attached hydrogen (secondary N) is 1. The second kappa shape index (κ2) is 10.3. The highest BCUT2D eigenvalue weighted by Crippen LogP contribution is 2.25. The van der Waals surface area contributed by atoms with Crippen molar-refractivity contribution in [1.82, 2.24) is 5.32 Å². The summed E-state index contributed by atoms with van der Waals surface area (Å²) in [7, 11) is 1.55. The van der Waals surface area contributed by atoms with E-state index in [1.807, 2.05) is 12.1 Å². The number of carbonyl (C=O) groups is 2. The van der Waals surface area contributed by atoms with Gasteiger partial charge in [0.05, 0.1) is 31.1 Å². The predicted molar refractivity (Wildman–Crippen MR) is 122 cm³/mol. The quantitative estimate of drug-likeness (QED) is 0.550. The first kappa shape index (κ1) is 22.5. The number of hydrogen-bond acceptors (Lipinski definition) is 7. The van der Waals surface area contributed by atoms with Crippen LogP contribution < -0.4 is 15.6 Å². The Balaban J connectivity index is 1.72. The Labute approximate surface area is 191 Å². The number of hydrogen-bond donors (Lipinski definition) is 1. The molecule has 1 amide bonds. The van der Waals surface area contributed by atoms with Crippen LogP contribution in [0, 0.1) is 0 Å². The van der Waals surface area contributed by atoms with Crippen LogP contribution in [-0.2, 0) is 9.47 Å². The Morgan fingerprint density at radius 3 is 2.70 bits per heavy atom. The van der Waals surface area contributed by atoms with Gasteiger partial charge in [-0.25, -0.2) is 9.79 Å². The summed E-state index contributed by atoms with van der Waals surface area (Å²) < 4.78 is 22.1. The first-order valence-electron chi connectivity index (χ1n) is 10.9. The van der Waals surface area contributed by atoms with E-state index in [9.17, 15) is 9.59 Å². The topological polar surface area (TPSA) is 99.4 Å². The summed E-state index contributed by atoms with van der Waals surface area (Å²) in [6, 6.07) is 13.8. The number of carbonyl (C=O) groups excluding carboxylic acids is 2. The lowest BCUT2D eigenvalue weighted by atomic mass is 10.1. The van der Waals surface area contributed by atoms with Crippen molar-refractivity contribution < 1.29 is 28.2 Å². The molecule has 0 unspecified atom stereocenters. The first-order chi connectivity index (χ1) is 16.1. The minimum atomic E-state index is -0.404. The third-order valence-corrected chi connectivity index (χ3v) is 5.33. The lowest BCUT2D eigenvalue weighted by molar-refractivity contribution is 0.0526. The Morgan fingerprint density at radius 2 is 2.00 bits per heavy atom. The number of benzene rings is 2. The summed E-state index contributed by atoms with van der Waals surface area (Å²) in [4.78, 5) is 29.5.